The summed E-state index contributed by atoms with van der Waals surface area (Å²) in [7, 11) is 1.43. The van der Waals surface area contributed by atoms with Crippen LogP contribution in [0.4, 0.5) is 0 Å². The molecule has 0 saturated heterocycles. The largest absolute Gasteiger partial charge is 0.497 e. The summed E-state index contributed by atoms with van der Waals surface area (Å²) in [6.45, 7) is 22.1. The van der Waals surface area contributed by atoms with Gasteiger partial charge in [0.1, 0.15) is 28.4 Å². The zero-order valence-corrected chi connectivity index (χ0v) is 30.2. The highest BCUT2D eigenvalue weighted by Crippen LogP contribution is 2.45. The van der Waals surface area contributed by atoms with Crippen molar-refractivity contribution >= 4 is 39.2 Å². The maximum atomic E-state index is 6.70. The molecule has 0 spiro atoms. The van der Waals surface area contributed by atoms with Crippen molar-refractivity contribution in [3.8, 4) is 17.2 Å². The minimum absolute atomic E-state index is 0.119. The quantitative estimate of drug-likeness (QED) is 0.126. The lowest BCUT2D eigenvalue weighted by Gasteiger charge is -2.23. The number of hydrogen-bond donors (Lipinski definition) is 0. The van der Waals surface area contributed by atoms with Crippen LogP contribution in [0.2, 0.25) is 0 Å². The first-order valence-corrected chi connectivity index (χ1v) is 16.8. The molecule has 0 amide bonds. The SMILES string of the molecule is COc1cc(C(C)(C)C)c2op(OCC(C)(C)COPOc3c(C)cccc3C)oc3c(C(C)(C)C)cc(OC)cc3c2c1. The molecule has 0 aliphatic carbocycles. The molecule has 0 aliphatic heterocycles. The van der Waals surface area contributed by atoms with Gasteiger partial charge < -0.3 is 26.9 Å². The third-order valence-electron chi connectivity index (χ3n) is 7.47. The van der Waals surface area contributed by atoms with E-state index in [1.54, 1.807) is 14.2 Å². The smallest absolute Gasteiger partial charge is 0.387 e. The summed E-state index contributed by atoms with van der Waals surface area (Å²) < 4.78 is 43.4. The third-order valence-corrected chi connectivity index (χ3v) is 9.02. The molecule has 0 radical (unpaired) electrons. The van der Waals surface area contributed by atoms with Gasteiger partial charge in [-0.05, 0) is 60.1 Å². The monoisotopic (exact) mass is 642 g/mol. The molecule has 9 heteroatoms. The summed E-state index contributed by atoms with van der Waals surface area (Å²) in [6.07, 6.45) is 0. The van der Waals surface area contributed by atoms with Crippen molar-refractivity contribution < 1.29 is 31.4 Å². The van der Waals surface area contributed by atoms with Gasteiger partial charge in [-0.25, -0.2) is 0 Å². The highest BCUT2D eigenvalue weighted by molar-refractivity contribution is 7.31. The van der Waals surface area contributed by atoms with Crippen molar-refractivity contribution in [1.29, 1.82) is 0 Å². The number of benzene rings is 3. The molecule has 7 nitrogen and oxygen atoms in total. The molecule has 0 fully saturated rings. The lowest BCUT2D eigenvalue weighted by atomic mass is 9.84. The fourth-order valence-electron chi connectivity index (χ4n) is 4.90. The number of methoxy groups -OCH3 is 2. The molecular weight excluding hydrogens is 594 g/mol. The second-order valence-electron chi connectivity index (χ2n) is 14.1. The van der Waals surface area contributed by atoms with Crippen LogP contribution in [-0.4, -0.2) is 27.4 Å². The van der Waals surface area contributed by atoms with E-state index in [0.717, 1.165) is 61.4 Å². The molecule has 0 aliphatic rings. The van der Waals surface area contributed by atoms with E-state index >= 15 is 0 Å². The van der Waals surface area contributed by atoms with Gasteiger partial charge in [0.05, 0.1) is 27.4 Å². The van der Waals surface area contributed by atoms with Crippen LogP contribution in [0.25, 0.3) is 21.9 Å². The highest BCUT2D eigenvalue weighted by Gasteiger charge is 2.27. The first-order valence-electron chi connectivity index (χ1n) is 14.9. The number of para-hydroxylation sites is 1. The molecule has 1 heterocycles. The number of rotatable bonds is 10. The molecule has 0 N–H and O–H groups in total. The van der Waals surface area contributed by atoms with Crippen molar-refractivity contribution in [2.24, 2.45) is 5.41 Å². The van der Waals surface area contributed by atoms with Crippen LogP contribution in [-0.2, 0) is 15.4 Å². The van der Waals surface area contributed by atoms with Crippen molar-refractivity contribution in [3.05, 3.63) is 64.7 Å². The highest BCUT2D eigenvalue weighted by atomic mass is 31.1. The predicted octanol–water partition coefficient (Wildman–Crippen LogP) is 10.6. The number of hydrogen-bond acceptors (Lipinski definition) is 7. The second-order valence-corrected chi connectivity index (χ2v) is 15.9. The van der Waals surface area contributed by atoms with E-state index in [9.17, 15) is 0 Å². The number of aryl methyl sites for hydroxylation is 2. The fourth-order valence-corrected chi connectivity index (χ4v) is 7.10. The van der Waals surface area contributed by atoms with E-state index in [1.165, 1.54) is 0 Å². The summed E-state index contributed by atoms with van der Waals surface area (Å²) in [6, 6.07) is 14.2. The molecule has 4 rings (SSSR count). The van der Waals surface area contributed by atoms with Crippen LogP contribution in [0.3, 0.4) is 0 Å². The van der Waals surface area contributed by atoms with Gasteiger partial charge in [0.2, 0.25) is 9.03 Å². The van der Waals surface area contributed by atoms with Gasteiger partial charge >= 0.3 is 8.24 Å². The van der Waals surface area contributed by atoms with Crippen LogP contribution >= 0.6 is 17.3 Å². The summed E-state index contributed by atoms with van der Waals surface area (Å²) in [5.41, 5.74) is 4.85. The van der Waals surface area contributed by atoms with Gasteiger partial charge in [0, 0.05) is 27.3 Å². The van der Waals surface area contributed by atoms with Gasteiger partial charge in [-0.1, -0.05) is 73.6 Å². The molecular formula is C35H48O7P2. The molecule has 3 aromatic carbocycles. The summed E-state index contributed by atoms with van der Waals surface area (Å²) in [5, 5.41) is 1.77. The first kappa shape index (κ1) is 34.2. The van der Waals surface area contributed by atoms with Crippen LogP contribution in [0.1, 0.15) is 77.6 Å². The third kappa shape index (κ3) is 7.93. The van der Waals surface area contributed by atoms with Crippen LogP contribution in [0.15, 0.2) is 50.9 Å². The summed E-state index contributed by atoms with van der Waals surface area (Å²) >= 11 is 0. The Balaban J connectivity index is 1.75. The Labute approximate surface area is 265 Å². The molecule has 0 saturated carbocycles. The standard InChI is InChI=1S/C35H48O7P2/c1-22-14-13-15-23(2)30(22)40-43-38-20-35(9,10)21-39-44-41-31-26(16-24(36-11)18-28(31)33(3,4)5)27-17-25(37-12)19-29(32(27)42-44)34(6,7)8/h13-19,43H,20-21H2,1-12H3. The van der Waals surface area contributed by atoms with E-state index in [2.05, 4.69) is 55.4 Å². The average molecular weight is 643 g/mol. The van der Waals surface area contributed by atoms with E-state index in [1.807, 2.05) is 56.3 Å². The van der Waals surface area contributed by atoms with Crippen LogP contribution in [0.5, 0.6) is 17.2 Å². The molecule has 1 aromatic heterocycles. The van der Waals surface area contributed by atoms with Gasteiger partial charge in [0.15, 0.2) is 0 Å². The fraction of sp³-hybridized carbons (Fsp3) is 0.486. The first-order chi connectivity index (χ1) is 20.5. The predicted molar refractivity (Wildman–Crippen MR) is 183 cm³/mol. The Morgan fingerprint density at radius 1 is 0.705 bits per heavy atom. The maximum Gasteiger partial charge on any atom is 0.387 e. The number of fused-ring (bicyclic) bond motifs is 3. The zero-order chi connectivity index (χ0) is 32.4. The minimum atomic E-state index is -1.82. The Morgan fingerprint density at radius 3 is 1.61 bits per heavy atom. The molecule has 0 bridgehead atoms. The lowest BCUT2D eigenvalue weighted by molar-refractivity contribution is 0.135. The van der Waals surface area contributed by atoms with E-state index < -0.39 is 8.24 Å². The zero-order valence-electron chi connectivity index (χ0n) is 28.3. The van der Waals surface area contributed by atoms with Crippen LogP contribution < -0.4 is 18.5 Å². The Bertz CT molecular complexity index is 1560. The molecule has 44 heavy (non-hydrogen) atoms. The van der Waals surface area contributed by atoms with E-state index in [0.29, 0.717) is 13.2 Å². The van der Waals surface area contributed by atoms with Crippen LogP contribution in [0, 0.1) is 19.3 Å². The Morgan fingerprint density at radius 2 is 1.18 bits per heavy atom. The van der Waals surface area contributed by atoms with Crippen molar-refractivity contribution in [3.63, 3.8) is 0 Å². The van der Waals surface area contributed by atoms with Crippen molar-refractivity contribution in [2.75, 3.05) is 27.4 Å². The molecule has 1 atom stereocenters. The van der Waals surface area contributed by atoms with Gasteiger partial charge in [0.25, 0.3) is 0 Å². The lowest BCUT2D eigenvalue weighted by Crippen LogP contribution is -2.25. The molecule has 4 aromatic rings. The van der Waals surface area contributed by atoms with Crippen molar-refractivity contribution in [1.82, 2.24) is 0 Å². The number of ether oxygens (including phenoxy) is 2. The summed E-state index contributed by atoms with van der Waals surface area (Å²) in [4.78, 5) is 0. The average Bonchev–Trinajstić information content (AvgIpc) is 3.09. The topological polar surface area (TPSA) is 72.4 Å². The Kier molecular flexibility index (Phi) is 10.4. The molecule has 1 unspecified atom stereocenters. The van der Waals surface area contributed by atoms with Gasteiger partial charge in [-0.2, -0.15) is 0 Å². The molecule has 240 valence electrons. The summed E-state index contributed by atoms with van der Waals surface area (Å²) in [5.74, 6) is 2.37. The van der Waals surface area contributed by atoms with E-state index in [-0.39, 0.29) is 25.3 Å². The van der Waals surface area contributed by atoms with E-state index in [4.69, 9.17) is 31.4 Å². The van der Waals surface area contributed by atoms with Gasteiger partial charge in [-0.15, -0.1) is 0 Å². The van der Waals surface area contributed by atoms with Crippen molar-refractivity contribution in [2.45, 2.75) is 80.1 Å². The minimum Gasteiger partial charge on any atom is -0.497 e. The Hall–Kier alpha value is -2.69. The maximum absolute atomic E-state index is 6.70. The second kappa shape index (κ2) is 13.3. The van der Waals surface area contributed by atoms with Gasteiger partial charge in [-0.3, -0.25) is 4.52 Å². The normalized spacial score (nSPS) is 12.8.